The molecule has 2 heterocycles. The van der Waals surface area contributed by atoms with Crippen LogP contribution in [-0.4, -0.2) is 51.7 Å². The molecule has 0 spiro atoms. The minimum absolute atomic E-state index is 0.140. The van der Waals surface area contributed by atoms with Crippen LogP contribution >= 0.6 is 0 Å². The van der Waals surface area contributed by atoms with Gasteiger partial charge in [-0.25, -0.2) is 0 Å². The zero-order chi connectivity index (χ0) is 21.3. The highest BCUT2D eigenvalue weighted by molar-refractivity contribution is 5.91. The van der Waals surface area contributed by atoms with Gasteiger partial charge in [-0.2, -0.15) is 0 Å². The van der Waals surface area contributed by atoms with E-state index >= 15 is 0 Å². The molecule has 166 valence electrons. The number of likely N-dealkylation sites (tertiary alicyclic amines) is 1. The molecule has 2 aliphatic heterocycles. The van der Waals surface area contributed by atoms with Gasteiger partial charge in [-0.05, 0) is 49.9 Å². The van der Waals surface area contributed by atoms with Gasteiger partial charge in [0.2, 0.25) is 0 Å². The van der Waals surface area contributed by atoms with E-state index in [1.165, 1.54) is 48.3 Å². The molecule has 5 heteroatoms. The number of amides is 1. The molecule has 5 nitrogen and oxygen atoms in total. The van der Waals surface area contributed by atoms with E-state index in [-0.39, 0.29) is 5.91 Å². The highest BCUT2D eigenvalue weighted by Gasteiger charge is 2.20. The Morgan fingerprint density at radius 1 is 0.774 bits per heavy atom. The number of quaternary nitrogens is 2. The fourth-order valence-electron chi connectivity index (χ4n) is 4.91. The van der Waals surface area contributed by atoms with Crippen LogP contribution in [-0.2, 0) is 11.3 Å². The monoisotopic (exact) mass is 422 g/mol. The number of nitrogens with zero attached hydrogens (tertiary/aromatic N) is 1. The summed E-state index contributed by atoms with van der Waals surface area (Å²) in [7, 11) is 0. The fraction of sp³-hybridized carbons (Fsp3) is 0.500. The van der Waals surface area contributed by atoms with Gasteiger partial charge in [0.05, 0.1) is 39.3 Å². The van der Waals surface area contributed by atoms with Crippen LogP contribution in [0.4, 0.5) is 11.4 Å². The van der Waals surface area contributed by atoms with Crippen molar-refractivity contribution in [1.82, 2.24) is 0 Å². The van der Waals surface area contributed by atoms with Crippen LogP contribution in [0.3, 0.4) is 0 Å². The molecule has 0 saturated carbocycles. The number of benzene rings is 2. The van der Waals surface area contributed by atoms with Crippen molar-refractivity contribution in [3.05, 3.63) is 60.2 Å². The van der Waals surface area contributed by atoms with Gasteiger partial charge in [0.1, 0.15) is 6.54 Å². The van der Waals surface area contributed by atoms with E-state index in [0.717, 1.165) is 51.5 Å². The summed E-state index contributed by atoms with van der Waals surface area (Å²) in [5, 5.41) is 3.11. The van der Waals surface area contributed by atoms with Crippen molar-refractivity contribution in [2.45, 2.75) is 38.6 Å². The second-order valence-electron chi connectivity index (χ2n) is 9.19. The Bertz CT molecular complexity index is 792. The van der Waals surface area contributed by atoms with Gasteiger partial charge in [0, 0.05) is 16.9 Å². The summed E-state index contributed by atoms with van der Waals surface area (Å²) in [6, 6.07) is 19.2. The fourth-order valence-corrected chi connectivity index (χ4v) is 4.91. The normalized spacial score (nSPS) is 18.9. The summed E-state index contributed by atoms with van der Waals surface area (Å²) in [6.45, 7) is 8.43. The van der Waals surface area contributed by atoms with Gasteiger partial charge in [-0.1, -0.05) is 36.8 Å². The van der Waals surface area contributed by atoms with Gasteiger partial charge in [-0.15, -0.1) is 0 Å². The van der Waals surface area contributed by atoms with Crippen LogP contribution in [0.2, 0.25) is 0 Å². The molecule has 0 aliphatic carbocycles. The highest BCUT2D eigenvalue weighted by Crippen LogP contribution is 2.18. The van der Waals surface area contributed by atoms with Crippen LogP contribution in [0, 0.1) is 0 Å². The lowest BCUT2D eigenvalue weighted by Crippen LogP contribution is -3.13. The zero-order valence-electron chi connectivity index (χ0n) is 18.7. The molecule has 2 aliphatic rings. The maximum atomic E-state index is 12.5. The van der Waals surface area contributed by atoms with Crippen LogP contribution in [0.5, 0.6) is 0 Å². The summed E-state index contributed by atoms with van der Waals surface area (Å²) >= 11 is 0. The Morgan fingerprint density at radius 2 is 1.42 bits per heavy atom. The van der Waals surface area contributed by atoms with Gasteiger partial charge in [-0.3, -0.25) is 4.79 Å². The predicted octanol–water partition coefficient (Wildman–Crippen LogP) is 1.38. The van der Waals surface area contributed by atoms with Crippen molar-refractivity contribution in [3.63, 3.8) is 0 Å². The maximum Gasteiger partial charge on any atom is 0.279 e. The highest BCUT2D eigenvalue weighted by atomic mass is 16.2. The van der Waals surface area contributed by atoms with Gasteiger partial charge < -0.3 is 20.0 Å². The second-order valence-corrected chi connectivity index (χ2v) is 9.19. The maximum absolute atomic E-state index is 12.5. The quantitative estimate of drug-likeness (QED) is 0.658. The molecular weight excluding hydrogens is 384 g/mol. The van der Waals surface area contributed by atoms with Crippen molar-refractivity contribution < 1.29 is 14.6 Å². The molecule has 4 rings (SSSR count). The first-order valence-corrected chi connectivity index (χ1v) is 12.1. The average molecular weight is 423 g/mol. The molecule has 2 aromatic rings. The first-order valence-electron chi connectivity index (χ1n) is 12.1. The first-order chi connectivity index (χ1) is 15.3. The van der Waals surface area contributed by atoms with Crippen molar-refractivity contribution in [3.8, 4) is 0 Å². The van der Waals surface area contributed by atoms with Gasteiger partial charge >= 0.3 is 0 Å². The number of nitrogens with one attached hydrogen (secondary N) is 3. The van der Waals surface area contributed by atoms with Crippen molar-refractivity contribution in [2.24, 2.45) is 0 Å². The SMILES string of the molecule is O=C(C[NH+]1CCCCCCC1)Nc1ccc(N2CC[NH+](Cc3ccccc3)CC2)cc1. The molecule has 2 saturated heterocycles. The molecule has 3 N–H and O–H groups in total. The number of rotatable bonds is 6. The third kappa shape index (κ3) is 6.81. The van der Waals surface area contributed by atoms with Crippen molar-refractivity contribution in [1.29, 1.82) is 0 Å². The van der Waals surface area contributed by atoms with Gasteiger partial charge in [0.25, 0.3) is 5.91 Å². The Morgan fingerprint density at radius 3 is 2.10 bits per heavy atom. The lowest BCUT2D eigenvalue weighted by atomic mass is 10.1. The Balaban J connectivity index is 1.22. The summed E-state index contributed by atoms with van der Waals surface area (Å²) in [4.78, 5) is 18.1. The molecule has 1 amide bonds. The van der Waals surface area contributed by atoms with E-state index < -0.39 is 0 Å². The molecule has 0 atom stereocenters. The summed E-state index contributed by atoms with van der Waals surface area (Å²) in [6.07, 6.45) is 6.48. The largest absolute Gasteiger partial charge is 0.360 e. The lowest BCUT2D eigenvalue weighted by molar-refractivity contribution is -0.914. The molecule has 0 aromatic heterocycles. The van der Waals surface area contributed by atoms with E-state index in [9.17, 15) is 4.79 Å². The van der Waals surface area contributed by atoms with Crippen LogP contribution in [0.1, 0.15) is 37.7 Å². The Labute approximate surface area is 187 Å². The molecular formula is C26H38N4O+2. The van der Waals surface area contributed by atoms with Gasteiger partial charge in [0.15, 0.2) is 6.54 Å². The van der Waals surface area contributed by atoms with E-state index in [2.05, 4.69) is 64.8 Å². The zero-order valence-corrected chi connectivity index (χ0v) is 18.7. The molecule has 0 bridgehead atoms. The standard InChI is InChI=1S/C26H36N4O/c31-26(22-28-15-7-2-1-3-8-16-28)27-24-11-13-25(14-12-24)30-19-17-29(18-20-30)21-23-9-5-4-6-10-23/h4-6,9-14H,1-3,7-8,15-22H2,(H,27,31)/p+2. The Hall–Kier alpha value is -2.37. The van der Waals surface area contributed by atoms with Crippen LogP contribution in [0.25, 0.3) is 0 Å². The average Bonchev–Trinajstić information content (AvgIpc) is 2.77. The van der Waals surface area contributed by atoms with E-state index in [1.807, 2.05) is 0 Å². The smallest absolute Gasteiger partial charge is 0.279 e. The van der Waals surface area contributed by atoms with Crippen LogP contribution in [0.15, 0.2) is 54.6 Å². The van der Waals surface area contributed by atoms with Crippen molar-refractivity contribution >= 4 is 17.3 Å². The van der Waals surface area contributed by atoms with Crippen molar-refractivity contribution in [2.75, 3.05) is 56.0 Å². The number of hydrogen-bond donors (Lipinski definition) is 3. The number of carbonyl (C=O) groups is 1. The third-order valence-corrected chi connectivity index (χ3v) is 6.75. The van der Waals surface area contributed by atoms with Crippen LogP contribution < -0.4 is 20.0 Å². The van der Waals surface area contributed by atoms with E-state index in [1.54, 1.807) is 4.90 Å². The topological polar surface area (TPSA) is 41.2 Å². The minimum atomic E-state index is 0.140. The van der Waals surface area contributed by atoms with E-state index in [4.69, 9.17) is 0 Å². The second kappa shape index (κ2) is 11.3. The number of piperazine rings is 1. The van der Waals surface area contributed by atoms with E-state index in [0.29, 0.717) is 6.54 Å². The predicted molar refractivity (Wildman–Crippen MR) is 127 cm³/mol. The lowest BCUT2D eigenvalue weighted by Gasteiger charge is -2.33. The number of hydrogen-bond acceptors (Lipinski definition) is 2. The molecule has 0 unspecified atom stereocenters. The number of carbonyl (C=O) groups excluding carboxylic acids is 1. The summed E-state index contributed by atoms with van der Waals surface area (Å²) in [5.41, 5.74) is 3.59. The minimum Gasteiger partial charge on any atom is -0.360 e. The number of anilines is 2. The summed E-state index contributed by atoms with van der Waals surface area (Å²) < 4.78 is 0. The molecule has 31 heavy (non-hydrogen) atoms. The molecule has 2 fully saturated rings. The summed E-state index contributed by atoms with van der Waals surface area (Å²) in [5.74, 6) is 0.140. The molecule has 0 radical (unpaired) electrons. The Kier molecular flexibility index (Phi) is 7.97. The first kappa shape index (κ1) is 21.8. The molecule has 2 aromatic carbocycles. The third-order valence-electron chi connectivity index (χ3n) is 6.75.